The Kier molecular flexibility index (Phi) is 5.53. The fourth-order valence-electron chi connectivity index (χ4n) is 5.10. The summed E-state index contributed by atoms with van der Waals surface area (Å²) in [5.74, 6) is 0.647. The van der Waals surface area contributed by atoms with Crippen LogP contribution in [-0.2, 0) is 11.2 Å². The van der Waals surface area contributed by atoms with Crippen LogP contribution in [0.15, 0.2) is 48.5 Å². The van der Waals surface area contributed by atoms with Crippen LogP contribution in [0, 0.1) is 5.92 Å². The van der Waals surface area contributed by atoms with E-state index in [-0.39, 0.29) is 23.9 Å². The zero-order valence-electron chi connectivity index (χ0n) is 17.8. The fourth-order valence-corrected chi connectivity index (χ4v) is 5.10. The van der Waals surface area contributed by atoms with Crippen molar-refractivity contribution in [3.05, 3.63) is 59.7 Å². The highest BCUT2D eigenvalue weighted by Gasteiger charge is 2.34. The Morgan fingerprint density at radius 3 is 2.74 bits per heavy atom. The Balaban J connectivity index is 1.26. The molecule has 0 bridgehead atoms. The smallest absolute Gasteiger partial charge is 0.324 e. The maximum atomic E-state index is 13.3. The molecule has 2 heterocycles. The number of urea groups is 1. The molecule has 1 fully saturated rings. The van der Waals surface area contributed by atoms with E-state index in [1.165, 1.54) is 11.1 Å². The van der Waals surface area contributed by atoms with Gasteiger partial charge in [0.1, 0.15) is 12.4 Å². The Hall–Kier alpha value is -3.02. The van der Waals surface area contributed by atoms with E-state index >= 15 is 0 Å². The summed E-state index contributed by atoms with van der Waals surface area (Å²) in [6.45, 7) is 2.18. The highest BCUT2D eigenvalue weighted by Crippen LogP contribution is 2.33. The van der Waals surface area contributed by atoms with E-state index in [0.29, 0.717) is 26.2 Å². The first-order valence-corrected chi connectivity index (χ1v) is 11.4. The van der Waals surface area contributed by atoms with E-state index in [1.54, 1.807) is 4.90 Å². The number of ether oxygens (including phenoxy) is 1. The van der Waals surface area contributed by atoms with Gasteiger partial charge in [-0.05, 0) is 55.4 Å². The van der Waals surface area contributed by atoms with Crippen LogP contribution in [-0.4, -0.2) is 43.1 Å². The first-order chi connectivity index (χ1) is 15.2. The molecule has 0 saturated carbocycles. The van der Waals surface area contributed by atoms with Gasteiger partial charge >= 0.3 is 6.03 Å². The van der Waals surface area contributed by atoms with Crippen molar-refractivity contribution >= 4 is 17.6 Å². The minimum Gasteiger partial charge on any atom is -0.490 e. The van der Waals surface area contributed by atoms with Gasteiger partial charge < -0.3 is 15.0 Å². The Morgan fingerprint density at radius 2 is 1.81 bits per heavy atom. The second-order valence-corrected chi connectivity index (χ2v) is 8.69. The van der Waals surface area contributed by atoms with Crippen molar-refractivity contribution < 1.29 is 14.3 Å². The third kappa shape index (κ3) is 3.99. The molecule has 3 amide bonds. The second kappa shape index (κ2) is 8.61. The molecule has 1 N–H and O–H groups in total. The number of rotatable bonds is 2. The largest absolute Gasteiger partial charge is 0.490 e. The third-order valence-electron chi connectivity index (χ3n) is 6.71. The molecule has 0 aromatic heterocycles. The summed E-state index contributed by atoms with van der Waals surface area (Å²) in [5, 5.41) is 3.29. The fraction of sp³-hybridized carbons (Fsp3) is 0.440. The molecule has 2 aliphatic heterocycles. The number of para-hydroxylation sites is 2. The molecule has 6 nitrogen and oxygen atoms in total. The summed E-state index contributed by atoms with van der Waals surface area (Å²) in [6.07, 6.45) is 4.81. The van der Waals surface area contributed by atoms with Crippen LogP contribution in [0.25, 0.3) is 0 Å². The molecule has 0 radical (unpaired) electrons. The van der Waals surface area contributed by atoms with Gasteiger partial charge in [0.25, 0.3) is 0 Å². The predicted octanol–water partition coefficient (Wildman–Crippen LogP) is 3.91. The molecule has 1 aliphatic carbocycles. The average molecular weight is 420 g/mol. The van der Waals surface area contributed by atoms with E-state index in [0.717, 1.165) is 43.5 Å². The normalized spacial score (nSPS) is 22.7. The lowest BCUT2D eigenvalue weighted by Gasteiger charge is -2.38. The zero-order valence-corrected chi connectivity index (χ0v) is 17.8. The molecule has 31 heavy (non-hydrogen) atoms. The number of hydrogen-bond acceptors (Lipinski definition) is 3. The lowest BCUT2D eigenvalue weighted by Crippen LogP contribution is -2.52. The van der Waals surface area contributed by atoms with Crippen LogP contribution in [0.3, 0.4) is 0 Å². The number of nitrogens with zero attached hydrogens (tertiary/aromatic N) is 2. The van der Waals surface area contributed by atoms with Gasteiger partial charge in [0, 0.05) is 13.1 Å². The quantitative estimate of drug-likeness (QED) is 0.803. The van der Waals surface area contributed by atoms with Gasteiger partial charge in [-0.2, -0.15) is 0 Å². The maximum Gasteiger partial charge on any atom is 0.324 e. The predicted molar refractivity (Wildman–Crippen MR) is 119 cm³/mol. The van der Waals surface area contributed by atoms with Crippen molar-refractivity contribution in [2.45, 2.75) is 38.1 Å². The van der Waals surface area contributed by atoms with Crippen molar-refractivity contribution in [3.63, 3.8) is 0 Å². The monoisotopic (exact) mass is 419 g/mol. The van der Waals surface area contributed by atoms with Gasteiger partial charge in [-0.1, -0.05) is 36.4 Å². The van der Waals surface area contributed by atoms with Gasteiger partial charge in [0.05, 0.1) is 24.2 Å². The van der Waals surface area contributed by atoms with Crippen LogP contribution in [0.1, 0.15) is 42.9 Å². The number of carbonyl (C=O) groups is 2. The minimum atomic E-state index is -0.164. The van der Waals surface area contributed by atoms with Crippen molar-refractivity contribution in [2.24, 2.45) is 5.92 Å². The number of benzene rings is 2. The molecule has 2 aromatic rings. The van der Waals surface area contributed by atoms with E-state index < -0.39 is 0 Å². The first kappa shape index (κ1) is 19.9. The van der Waals surface area contributed by atoms with Crippen molar-refractivity contribution in [2.75, 3.05) is 31.1 Å². The van der Waals surface area contributed by atoms with Gasteiger partial charge in [-0.3, -0.25) is 9.69 Å². The number of carbonyl (C=O) groups excluding carboxylic acids is 2. The van der Waals surface area contributed by atoms with Crippen LogP contribution in [0.2, 0.25) is 0 Å². The van der Waals surface area contributed by atoms with Crippen LogP contribution in [0.4, 0.5) is 10.5 Å². The second-order valence-electron chi connectivity index (χ2n) is 8.69. The molecule has 3 aliphatic rings. The van der Waals surface area contributed by atoms with Crippen molar-refractivity contribution in [1.29, 1.82) is 0 Å². The number of fused-ring (bicyclic) bond motifs is 2. The first-order valence-electron chi connectivity index (χ1n) is 11.4. The molecule has 0 spiro atoms. The summed E-state index contributed by atoms with van der Waals surface area (Å²) < 4.78 is 5.69. The molecule has 6 heteroatoms. The molecular formula is C25H29N3O3. The van der Waals surface area contributed by atoms with E-state index in [1.807, 2.05) is 35.2 Å². The van der Waals surface area contributed by atoms with Crippen molar-refractivity contribution in [3.8, 4) is 5.75 Å². The Morgan fingerprint density at radius 1 is 0.968 bits per heavy atom. The highest BCUT2D eigenvalue weighted by molar-refractivity contribution is 5.94. The van der Waals surface area contributed by atoms with Crippen molar-refractivity contribution in [1.82, 2.24) is 10.2 Å². The summed E-state index contributed by atoms with van der Waals surface area (Å²) in [4.78, 5) is 30.1. The number of aryl methyl sites for hydroxylation is 1. The maximum absolute atomic E-state index is 13.3. The lowest BCUT2D eigenvalue weighted by molar-refractivity contribution is -0.127. The number of anilines is 1. The minimum absolute atomic E-state index is 0.0312. The molecule has 2 aromatic carbocycles. The van der Waals surface area contributed by atoms with Gasteiger partial charge in [0.15, 0.2) is 0 Å². The summed E-state index contributed by atoms with van der Waals surface area (Å²) in [7, 11) is 0. The number of likely N-dealkylation sites (tertiary alicyclic amines) is 1. The number of hydrogen-bond donors (Lipinski definition) is 1. The van der Waals surface area contributed by atoms with Gasteiger partial charge in [0.2, 0.25) is 5.91 Å². The van der Waals surface area contributed by atoms with Gasteiger partial charge in [-0.25, -0.2) is 4.79 Å². The zero-order chi connectivity index (χ0) is 21.2. The summed E-state index contributed by atoms with van der Waals surface area (Å²) >= 11 is 0. The summed E-state index contributed by atoms with van der Waals surface area (Å²) in [6, 6.07) is 16.1. The topological polar surface area (TPSA) is 61.9 Å². The SMILES string of the molecule is O=C(NC1CCCc2ccccc21)C1CCCN(C(=O)N2CCOc3ccccc32)C1. The third-order valence-corrected chi connectivity index (χ3v) is 6.71. The summed E-state index contributed by atoms with van der Waals surface area (Å²) in [5.41, 5.74) is 3.39. The van der Waals surface area contributed by atoms with E-state index in [4.69, 9.17) is 4.74 Å². The molecule has 162 valence electrons. The molecule has 2 atom stereocenters. The van der Waals surface area contributed by atoms with E-state index in [2.05, 4.69) is 23.5 Å². The molecule has 5 rings (SSSR count). The standard InChI is InChI=1S/C25H29N3O3/c29-24(26-21-11-5-8-18-7-1-2-10-20(18)21)19-9-6-14-27(17-19)25(30)28-15-16-31-23-13-4-3-12-22(23)28/h1-4,7,10,12-13,19,21H,5-6,8-9,11,14-17H2,(H,26,29). The Labute approximate surface area is 183 Å². The number of amides is 3. The number of piperidine rings is 1. The average Bonchev–Trinajstić information content (AvgIpc) is 2.83. The Bertz CT molecular complexity index is 976. The number of nitrogens with one attached hydrogen (secondary N) is 1. The van der Waals surface area contributed by atoms with E-state index in [9.17, 15) is 9.59 Å². The lowest BCUT2D eigenvalue weighted by atomic mass is 9.87. The molecule has 1 saturated heterocycles. The van der Waals surface area contributed by atoms with Gasteiger partial charge in [-0.15, -0.1) is 0 Å². The highest BCUT2D eigenvalue weighted by atomic mass is 16.5. The molecule has 2 unspecified atom stereocenters. The van der Waals surface area contributed by atoms with Crippen LogP contribution >= 0.6 is 0 Å². The molecular weight excluding hydrogens is 390 g/mol. The van der Waals surface area contributed by atoms with Crippen LogP contribution in [0.5, 0.6) is 5.75 Å². The van der Waals surface area contributed by atoms with Crippen LogP contribution < -0.4 is 15.0 Å².